The van der Waals surface area contributed by atoms with Crippen molar-refractivity contribution in [3.63, 3.8) is 0 Å². The molecule has 158 valence electrons. The number of non-ortho nitro benzene ring substituents is 1. The molecule has 2 heterocycles. The van der Waals surface area contributed by atoms with Crippen LogP contribution in [0.2, 0.25) is 0 Å². The molecule has 2 N–H and O–H groups in total. The molecule has 0 radical (unpaired) electrons. The molecule has 0 atom stereocenters. The van der Waals surface area contributed by atoms with Gasteiger partial charge < -0.3 is 9.97 Å². The fourth-order valence-electron chi connectivity index (χ4n) is 2.43. The van der Waals surface area contributed by atoms with Crippen molar-refractivity contribution in [2.45, 2.75) is 13.8 Å². The predicted octanol–water partition coefficient (Wildman–Crippen LogP) is 5.37. The first-order valence-electron chi connectivity index (χ1n) is 9.46. The number of benzene rings is 2. The minimum Gasteiger partial charge on any atom is -0.368 e. The molecule has 7 heteroatoms. The first kappa shape index (κ1) is 23.0. The third-order valence-corrected chi connectivity index (χ3v) is 4.14. The van der Waals surface area contributed by atoms with Crippen LogP contribution in [-0.4, -0.2) is 26.5 Å². The Labute approximate surface area is 179 Å². The van der Waals surface area contributed by atoms with Crippen LogP contribution in [0.1, 0.15) is 38.9 Å². The van der Waals surface area contributed by atoms with Crippen molar-refractivity contribution in [1.29, 1.82) is 0 Å². The summed E-state index contributed by atoms with van der Waals surface area (Å²) in [5.41, 5.74) is 3.00. The second kappa shape index (κ2) is 11.7. The van der Waals surface area contributed by atoms with E-state index in [0.717, 1.165) is 11.1 Å². The summed E-state index contributed by atoms with van der Waals surface area (Å²) in [7, 11) is 0. The van der Waals surface area contributed by atoms with Gasteiger partial charge in [-0.15, -0.1) is 0 Å². The van der Waals surface area contributed by atoms with E-state index in [9.17, 15) is 19.7 Å². The molecule has 0 amide bonds. The zero-order valence-corrected chi connectivity index (χ0v) is 17.2. The van der Waals surface area contributed by atoms with Crippen molar-refractivity contribution in [2.24, 2.45) is 0 Å². The molecule has 0 saturated carbocycles. The molecule has 4 aromatic rings. The highest BCUT2D eigenvalue weighted by Gasteiger charge is 2.08. The SMILES string of the molecule is CC(=O)c1ccc([N+](=O)[O-])cc1.Cc1ccc(C(=O)c2ccc[nH]2)cc1.c1cc[nH]c1. The summed E-state index contributed by atoms with van der Waals surface area (Å²) in [6, 6.07) is 20.6. The zero-order valence-electron chi connectivity index (χ0n) is 17.2. The number of nitro groups is 1. The minimum absolute atomic E-state index is 0.000000000000000222. The normalized spacial score (nSPS) is 9.48. The van der Waals surface area contributed by atoms with Crippen LogP contribution in [0.15, 0.2) is 91.4 Å². The van der Waals surface area contributed by atoms with Gasteiger partial charge in [0, 0.05) is 41.9 Å². The Hall–Kier alpha value is -4.26. The van der Waals surface area contributed by atoms with E-state index in [1.165, 1.54) is 31.2 Å². The topological polar surface area (TPSA) is 109 Å². The number of ketones is 2. The maximum atomic E-state index is 11.8. The number of hydrogen-bond acceptors (Lipinski definition) is 4. The Morgan fingerprint density at radius 3 is 1.81 bits per heavy atom. The lowest BCUT2D eigenvalue weighted by atomic mass is 10.1. The summed E-state index contributed by atoms with van der Waals surface area (Å²) in [4.78, 5) is 38.0. The lowest BCUT2D eigenvalue weighted by Crippen LogP contribution is -2.00. The largest absolute Gasteiger partial charge is 0.368 e. The molecule has 7 nitrogen and oxygen atoms in total. The van der Waals surface area contributed by atoms with Crippen LogP contribution in [0.5, 0.6) is 0 Å². The number of rotatable bonds is 4. The maximum absolute atomic E-state index is 11.8. The summed E-state index contributed by atoms with van der Waals surface area (Å²) in [5, 5.41) is 10.2. The lowest BCUT2D eigenvalue weighted by molar-refractivity contribution is -0.384. The highest BCUT2D eigenvalue weighted by atomic mass is 16.6. The van der Waals surface area contributed by atoms with Gasteiger partial charge in [-0.05, 0) is 50.2 Å². The number of carbonyl (C=O) groups excluding carboxylic acids is 2. The van der Waals surface area contributed by atoms with Crippen LogP contribution < -0.4 is 0 Å². The van der Waals surface area contributed by atoms with E-state index in [1.807, 2.05) is 61.8 Å². The van der Waals surface area contributed by atoms with E-state index in [1.54, 1.807) is 12.3 Å². The van der Waals surface area contributed by atoms with E-state index in [2.05, 4.69) is 9.97 Å². The molecule has 0 bridgehead atoms. The third kappa shape index (κ3) is 7.58. The standard InChI is InChI=1S/C12H11NO.C8H7NO3.C4H5N/c1-9-4-6-10(7-5-9)12(14)11-3-2-8-13-11;1-6(10)7-2-4-8(5-3-7)9(11)12;1-2-4-5-3-1/h2-8,13H,1H3;2-5H,1H3;1-5H. The number of nitrogens with one attached hydrogen (secondary N) is 2. The van der Waals surface area contributed by atoms with Gasteiger partial charge >= 0.3 is 0 Å². The molecule has 4 rings (SSSR count). The Kier molecular flexibility index (Phi) is 8.67. The fraction of sp³-hybridized carbons (Fsp3) is 0.0833. The van der Waals surface area contributed by atoms with Crippen LogP contribution in [0.3, 0.4) is 0 Å². The number of nitrogens with zero attached hydrogens (tertiary/aromatic N) is 1. The van der Waals surface area contributed by atoms with Crippen LogP contribution in [0.4, 0.5) is 5.69 Å². The van der Waals surface area contributed by atoms with Gasteiger partial charge in [-0.25, -0.2) is 0 Å². The molecule has 0 aliphatic carbocycles. The van der Waals surface area contributed by atoms with E-state index < -0.39 is 4.92 Å². The summed E-state index contributed by atoms with van der Waals surface area (Å²) < 4.78 is 0. The number of H-pyrrole nitrogens is 2. The molecular formula is C24H23N3O4. The lowest BCUT2D eigenvalue weighted by Gasteiger charge is -1.98. The van der Waals surface area contributed by atoms with Crippen LogP contribution in [0, 0.1) is 17.0 Å². The average Bonchev–Trinajstić information content (AvgIpc) is 3.51. The molecule has 0 spiro atoms. The van der Waals surface area contributed by atoms with E-state index in [0.29, 0.717) is 11.3 Å². The molecule has 0 fully saturated rings. The summed E-state index contributed by atoms with van der Waals surface area (Å²) in [6.45, 7) is 3.42. The molecular weight excluding hydrogens is 394 g/mol. The number of aromatic amines is 2. The van der Waals surface area contributed by atoms with Crippen molar-refractivity contribution in [3.05, 3.63) is 124 Å². The van der Waals surface area contributed by atoms with Crippen LogP contribution in [0.25, 0.3) is 0 Å². The van der Waals surface area contributed by atoms with Gasteiger partial charge in [0.05, 0.1) is 10.6 Å². The Bertz CT molecular complexity index is 1030. The average molecular weight is 417 g/mol. The predicted molar refractivity (Wildman–Crippen MR) is 119 cm³/mol. The molecule has 31 heavy (non-hydrogen) atoms. The zero-order chi connectivity index (χ0) is 22.6. The number of nitro benzene ring substituents is 1. The molecule has 0 aliphatic rings. The maximum Gasteiger partial charge on any atom is 0.269 e. The molecule has 0 saturated heterocycles. The van der Waals surface area contributed by atoms with Gasteiger partial charge in [0.15, 0.2) is 5.78 Å². The fourth-order valence-corrected chi connectivity index (χ4v) is 2.43. The Morgan fingerprint density at radius 1 is 0.806 bits per heavy atom. The van der Waals surface area contributed by atoms with Crippen LogP contribution in [-0.2, 0) is 0 Å². The third-order valence-electron chi connectivity index (χ3n) is 4.14. The van der Waals surface area contributed by atoms with Crippen molar-refractivity contribution < 1.29 is 14.5 Å². The number of carbonyl (C=O) groups is 2. The Morgan fingerprint density at radius 2 is 1.39 bits per heavy atom. The second-order valence-electron chi connectivity index (χ2n) is 6.52. The number of hydrogen-bond donors (Lipinski definition) is 2. The van der Waals surface area contributed by atoms with Gasteiger partial charge in [0.2, 0.25) is 5.78 Å². The molecule has 0 unspecified atom stereocenters. The van der Waals surface area contributed by atoms with E-state index in [-0.39, 0.29) is 17.3 Å². The van der Waals surface area contributed by atoms with Gasteiger partial charge in [-0.2, -0.15) is 0 Å². The monoisotopic (exact) mass is 417 g/mol. The van der Waals surface area contributed by atoms with Gasteiger partial charge in [0.1, 0.15) is 0 Å². The van der Waals surface area contributed by atoms with E-state index in [4.69, 9.17) is 0 Å². The number of Topliss-reactive ketones (excluding diaryl/α,β-unsaturated/α-hetero) is 1. The van der Waals surface area contributed by atoms with Gasteiger partial charge in [0.25, 0.3) is 5.69 Å². The Balaban J connectivity index is 0.000000182. The smallest absolute Gasteiger partial charge is 0.269 e. The first-order valence-corrected chi connectivity index (χ1v) is 9.46. The first-order chi connectivity index (χ1) is 14.9. The summed E-state index contributed by atoms with van der Waals surface area (Å²) in [6.07, 6.45) is 5.50. The van der Waals surface area contributed by atoms with Crippen molar-refractivity contribution >= 4 is 17.3 Å². The van der Waals surface area contributed by atoms with Crippen molar-refractivity contribution in [3.8, 4) is 0 Å². The minimum atomic E-state index is -0.496. The summed E-state index contributed by atoms with van der Waals surface area (Å²) in [5.74, 6) is -0.0557. The van der Waals surface area contributed by atoms with Gasteiger partial charge in [-0.3, -0.25) is 19.7 Å². The number of aryl methyl sites for hydroxylation is 1. The molecule has 0 aliphatic heterocycles. The summed E-state index contributed by atoms with van der Waals surface area (Å²) >= 11 is 0. The van der Waals surface area contributed by atoms with E-state index >= 15 is 0 Å². The second-order valence-corrected chi connectivity index (χ2v) is 6.52. The quantitative estimate of drug-likeness (QED) is 0.264. The van der Waals surface area contributed by atoms with Crippen molar-refractivity contribution in [1.82, 2.24) is 9.97 Å². The highest BCUT2D eigenvalue weighted by Crippen LogP contribution is 2.12. The number of aromatic nitrogens is 2. The van der Waals surface area contributed by atoms with Gasteiger partial charge in [-0.1, -0.05) is 29.8 Å². The highest BCUT2D eigenvalue weighted by molar-refractivity contribution is 6.07. The molecule has 2 aromatic heterocycles. The van der Waals surface area contributed by atoms with Crippen LogP contribution >= 0.6 is 0 Å². The van der Waals surface area contributed by atoms with Crippen molar-refractivity contribution in [2.75, 3.05) is 0 Å². The molecule has 2 aromatic carbocycles.